The lowest BCUT2D eigenvalue weighted by Crippen LogP contribution is -2.40. The Morgan fingerprint density at radius 1 is 1.37 bits per heavy atom. The zero-order chi connectivity index (χ0) is 13.2. The Hall–Kier alpha value is -1.46. The van der Waals surface area contributed by atoms with Gasteiger partial charge in [-0.2, -0.15) is 0 Å². The first-order valence-corrected chi connectivity index (χ1v) is 6.83. The van der Waals surface area contributed by atoms with Crippen molar-refractivity contribution in [1.82, 2.24) is 20.1 Å². The van der Waals surface area contributed by atoms with Crippen LogP contribution in [0.5, 0.6) is 0 Å². The van der Waals surface area contributed by atoms with Gasteiger partial charge in [0.25, 0.3) is 0 Å². The van der Waals surface area contributed by atoms with Crippen LogP contribution < -0.4 is 5.32 Å². The molecule has 0 radical (unpaired) electrons. The molecule has 2 aromatic heterocycles. The first-order valence-electron chi connectivity index (χ1n) is 6.45. The summed E-state index contributed by atoms with van der Waals surface area (Å²) in [5.41, 5.74) is 0. The number of likely N-dealkylation sites (N-methyl/N-ethyl adjacent to an activating group) is 1. The summed E-state index contributed by atoms with van der Waals surface area (Å²) in [6.45, 7) is 2.19. The molecule has 19 heavy (non-hydrogen) atoms. The maximum Gasteiger partial charge on any atom is 0.161 e. The van der Waals surface area contributed by atoms with Crippen LogP contribution in [0.1, 0.15) is 12.8 Å². The maximum absolute atomic E-state index is 6.05. The van der Waals surface area contributed by atoms with Gasteiger partial charge < -0.3 is 10.2 Å². The van der Waals surface area contributed by atoms with Gasteiger partial charge in [0.1, 0.15) is 0 Å². The number of fused-ring (bicyclic) bond motifs is 1. The maximum atomic E-state index is 6.05. The molecule has 0 aromatic carbocycles. The van der Waals surface area contributed by atoms with Crippen LogP contribution in [0.3, 0.4) is 0 Å². The number of rotatable bonds is 2. The van der Waals surface area contributed by atoms with Gasteiger partial charge in [0, 0.05) is 35.8 Å². The van der Waals surface area contributed by atoms with Crippen LogP contribution in [-0.2, 0) is 0 Å². The Morgan fingerprint density at radius 2 is 2.26 bits per heavy atom. The van der Waals surface area contributed by atoms with Gasteiger partial charge in [0.2, 0.25) is 0 Å². The molecule has 1 fully saturated rings. The van der Waals surface area contributed by atoms with Crippen LogP contribution in [0.4, 0.5) is 5.82 Å². The van der Waals surface area contributed by atoms with E-state index in [0.717, 1.165) is 36.1 Å². The molecule has 1 N–H and O–H groups in total. The first kappa shape index (κ1) is 12.6. The normalized spacial score (nSPS) is 20.6. The van der Waals surface area contributed by atoms with E-state index in [1.807, 2.05) is 6.07 Å². The van der Waals surface area contributed by atoms with E-state index in [4.69, 9.17) is 11.6 Å². The molecule has 0 spiro atoms. The lowest BCUT2D eigenvalue weighted by atomic mass is 10.1. The summed E-state index contributed by atoms with van der Waals surface area (Å²) < 4.78 is 0. The van der Waals surface area contributed by atoms with Crippen molar-refractivity contribution < 1.29 is 0 Å². The van der Waals surface area contributed by atoms with E-state index in [1.165, 1.54) is 6.42 Å². The minimum Gasteiger partial charge on any atom is -0.364 e. The number of hydrogen-bond acceptors (Lipinski definition) is 5. The highest BCUT2D eigenvalue weighted by atomic mass is 35.5. The van der Waals surface area contributed by atoms with Gasteiger partial charge in [-0.15, -0.1) is 10.2 Å². The highest BCUT2D eigenvalue weighted by Crippen LogP contribution is 2.26. The van der Waals surface area contributed by atoms with Crippen molar-refractivity contribution in [2.75, 3.05) is 25.5 Å². The van der Waals surface area contributed by atoms with E-state index in [1.54, 1.807) is 12.4 Å². The highest BCUT2D eigenvalue weighted by Gasteiger charge is 2.18. The number of halogens is 1. The van der Waals surface area contributed by atoms with Gasteiger partial charge in [-0.1, -0.05) is 11.6 Å². The van der Waals surface area contributed by atoms with Crippen molar-refractivity contribution in [1.29, 1.82) is 0 Å². The Balaban J connectivity index is 1.90. The summed E-state index contributed by atoms with van der Waals surface area (Å²) in [4.78, 5) is 6.41. The summed E-state index contributed by atoms with van der Waals surface area (Å²) in [6.07, 6.45) is 5.83. The number of anilines is 1. The molecule has 3 heterocycles. The van der Waals surface area contributed by atoms with Crippen LogP contribution >= 0.6 is 11.6 Å². The molecule has 5 nitrogen and oxygen atoms in total. The van der Waals surface area contributed by atoms with Gasteiger partial charge in [-0.05, 0) is 32.5 Å². The van der Waals surface area contributed by atoms with Crippen molar-refractivity contribution in [2.45, 2.75) is 18.9 Å². The van der Waals surface area contributed by atoms with Gasteiger partial charge in [0.15, 0.2) is 11.0 Å². The third-order valence-corrected chi connectivity index (χ3v) is 3.78. The second-order valence-corrected chi connectivity index (χ2v) is 5.36. The summed E-state index contributed by atoms with van der Waals surface area (Å²) in [5, 5.41) is 13.9. The van der Waals surface area contributed by atoms with Gasteiger partial charge >= 0.3 is 0 Å². The molecule has 0 saturated carbocycles. The molecule has 0 aliphatic carbocycles. The molecule has 100 valence electrons. The van der Waals surface area contributed by atoms with Crippen molar-refractivity contribution in [3.05, 3.63) is 23.6 Å². The van der Waals surface area contributed by atoms with Crippen LogP contribution in [-0.4, -0.2) is 46.3 Å². The number of pyridine rings is 1. The monoisotopic (exact) mass is 277 g/mol. The van der Waals surface area contributed by atoms with Crippen LogP contribution in [0.2, 0.25) is 5.15 Å². The standard InChI is InChI=1S/C13H16ClN5/c1-19-6-2-3-9(8-19)16-13-10-4-5-15-7-11(10)12(14)17-18-13/h4-5,7,9H,2-3,6,8H2,1H3,(H,16,18)/t9-/m1/s1. The minimum atomic E-state index is 0.398. The molecule has 3 rings (SSSR count). The number of likely N-dealkylation sites (tertiary alicyclic amines) is 1. The smallest absolute Gasteiger partial charge is 0.161 e. The van der Waals surface area contributed by atoms with E-state index in [2.05, 4.69) is 32.4 Å². The molecule has 1 aliphatic heterocycles. The molecule has 0 unspecified atom stereocenters. The fourth-order valence-electron chi connectivity index (χ4n) is 2.55. The number of nitrogens with zero attached hydrogens (tertiary/aromatic N) is 4. The number of nitrogens with one attached hydrogen (secondary N) is 1. The molecule has 1 atom stereocenters. The fraction of sp³-hybridized carbons (Fsp3) is 0.462. The quantitative estimate of drug-likeness (QED) is 0.912. The summed E-state index contributed by atoms with van der Waals surface area (Å²) in [7, 11) is 2.14. The molecular weight excluding hydrogens is 262 g/mol. The third kappa shape index (κ3) is 2.62. The number of hydrogen-bond donors (Lipinski definition) is 1. The Bertz CT molecular complexity index is 588. The lowest BCUT2D eigenvalue weighted by molar-refractivity contribution is 0.261. The predicted molar refractivity (Wildman–Crippen MR) is 76.5 cm³/mol. The second kappa shape index (κ2) is 5.27. The summed E-state index contributed by atoms with van der Waals surface area (Å²) in [6, 6.07) is 2.33. The topological polar surface area (TPSA) is 53.9 Å². The van der Waals surface area contributed by atoms with Crippen molar-refractivity contribution in [3.63, 3.8) is 0 Å². The van der Waals surface area contributed by atoms with Gasteiger partial charge in [-0.3, -0.25) is 4.98 Å². The van der Waals surface area contributed by atoms with Crippen molar-refractivity contribution in [2.24, 2.45) is 0 Å². The van der Waals surface area contributed by atoms with Gasteiger partial charge in [0.05, 0.1) is 0 Å². The Morgan fingerprint density at radius 3 is 3.11 bits per heavy atom. The van der Waals surface area contributed by atoms with Gasteiger partial charge in [-0.25, -0.2) is 0 Å². The van der Waals surface area contributed by atoms with Crippen LogP contribution in [0, 0.1) is 0 Å². The Labute approximate surface area is 117 Å². The average Bonchev–Trinajstić information content (AvgIpc) is 2.42. The minimum absolute atomic E-state index is 0.398. The molecular formula is C13H16ClN5. The molecule has 6 heteroatoms. The van der Waals surface area contributed by atoms with Crippen LogP contribution in [0.15, 0.2) is 18.5 Å². The number of aromatic nitrogens is 3. The molecule has 2 aromatic rings. The molecule has 1 saturated heterocycles. The Kier molecular flexibility index (Phi) is 3.48. The predicted octanol–water partition coefficient (Wildman–Crippen LogP) is 2.18. The third-order valence-electron chi connectivity index (χ3n) is 3.50. The van der Waals surface area contributed by atoms with Crippen molar-refractivity contribution in [3.8, 4) is 0 Å². The molecule has 0 amide bonds. The number of piperidine rings is 1. The zero-order valence-electron chi connectivity index (χ0n) is 10.8. The van der Waals surface area contributed by atoms with E-state index >= 15 is 0 Å². The van der Waals surface area contributed by atoms with E-state index in [0.29, 0.717) is 11.2 Å². The van der Waals surface area contributed by atoms with E-state index < -0.39 is 0 Å². The molecule has 0 bridgehead atoms. The average molecular weight is 278 g/mol. The fourth-order valence-corrected chi connectivity index (χ4v) is 2.74. The van der Waals surface area contributed by atoms with E-state index in [-0.39, 0.29) is 0 Å². The zero-order valence-corrected chi connectivity index (χ0v) is 11.6. The largest absolute Gasteiger partial charge is 0.364 e. The first-order chi connectivity index (χ1) is 9.24. The summed E-state index contributed by atoms with van der Waals surface area (Å²) >= 11 is 6.05. The van der Waals surface area contributed by atoms with E-state index in [9.17, 15) is 0 Å². The summed E-state index contributed by atoms with van der Waals surface area (Å²) in [5.74, 6) is 0.794. The van der Waals surface area contributed by atoms with Crippen molar-refractivity contribution >= 4 is 28.2 Å². The van der Waals surface area contributed by atoms with Crippen LogP contribution in [0.25, 0.3) is 10.8 Å². The highest BCUT2D eigenvalue weighted by molar-refractivity contribution is 6.34. The lowest BCUT2D eigenvalue weighted by Gasteiger charge is -2.30. The molecule has 1 aliphatic rings. The SMILES string of the molecule is CN1CCC[C@@H](Nc2nnc(Cl)c3cnccc23)C1. The second-order valence-electron chi connectivity index (χ2n) is 5.01.